The zero-order chi connectivity index (χ0) is 14.3. The quantitative estimate of drug-likeness (QED) is 0.665. The Hall–Kier alpha value is -1.85. The third kappa shape index (κ3) is 4.73. The molecule has 6 heteroatoms. The number of anilines is 2. The maximum absolute atomic E-state index is 10.8. The minimum atomic E-state index is -0.322. The molecule has 0 aromatic carbocycles. The van der Waals surface area contributed by atoms with Crippen LogP contribution in [-0.2, 0) is 4.79 Å². The number of aromatic nitrogens is 2. The van der Waals surface area contributed by atoms with Crippen LogP contribution in [0.1, 0.15) is 45.1 Å². The predicted octanol–water partition coefficient (Wildman–Crippen LogP) is 1.71. The number of carbonyl (C=O) groups excluding carboxylic acids is 1. The minimum absolute atomic E-state index is 0.289. The van der Waals surface area contributed by atoms with Crippen LogP contribution in [0.25, 0.3) is 0 Å². The monoisotopic (exact) mass is 265 g/mol. The zero-order valence-electron chi connectivity index (χ0n) is 11.9. The molecule has 1 rings (SSSR count). The summed E-state index contributed by atoms with van der Waals surface area (Å²) in [6.45, 7) is 7.65. The molecule has 0 atom stereocenters. The van der Waals surface area contributed by atoms with Gasteiger partial charge >= 0.3 is 0 Å². The van der Waals surface area contributed by atoms with Crippen LogP contribution >= 0.6 is 0 Å². The van der Waals surface area contributed by atoms with Crippen molar-refractivity contribution in [3.8, 4) is 0 Å². The Morgan fingerprint density at radius 1 is 1.26 bits per heavy atom. The van der Waals surface area contributed by atoms with E-state index < -0.39 is 0 Å². The molecule has 0 aliphatic rings. The molecular formula is C13H23N5O. The summed E-state index contributed by atoms with van der Waals surface area (Å²) >= 11 is 0. The van der Waals surface area contributed by atoms with Crippen molar-refractivity contribution in [2.75, 3.05) is 23.7 Å². The smallest absolute Gasteiger partial charge is 0.219 e. The Kier molecular flexibility index (Phi) is 6.05. The van der Waals surface area contributed by atoms with E-state index in [1.54, 1.807) is 0 Å². The number of amides is 1. The maximum Gasteiger partial charge on any atom is 0.219 e. The molecule has 0 spiro atoms. The Bertz CT molecular complexity index is 419. The molecule has 0 saturated heterocycles. The highest BCUT2D eigenvalue weighted by Crippen LogP contribution is 2.28. The van der Waals surface area contributed by atoms with Gasteiger partial charge in [0.15, 0.2) is 0 Å². The predicted molar refractivity (Wildman–Crippen MR) is 77.2 cm³/mol. The minimum Gasteiger partial charge on any atom is -0.370 e. The van der Waals surface area contributed by atoms with Gasteiger partial charge in [-0.3, -0.25) is 4.79 Å². The second kappa shape index (κ2) is 7.56. The van der Waals surface area contributed by atoms with Crippen LogP contribution in [-0.4, -0.2) is 29.0 Å². The number of rotatable bonds is 8. The molecule has 4 N–H and O–H groups in total. The maximum atomic E-state index is 10.8. The third-order valence-corrected chi connectivity index (χ3v) is 2.67. The number of nitrogens with one attached hydrogen (secondary N) is 2. The van der Waals surface area contributed by atoms with Crippen molar-refractivity contribution in [1.29, 1.82) is 0 Å². The highest BCUT2D eigenvalue weighted by atomic mass is 16.1. The molecule has 1 heterocycles. The molecule has 0 radical (unpaired) electrons. The molecule has 0 saturated carbocycles. The van der Waals surface area contributed by atoms with Gasteiger partial charge in [-0.25, -0.2) is 9.97 Å². The van der Waals surface area contributed by atoms with E-state index in [2.05, 4.69) is 41.4 Å². The van der Waals surface area contributed by atoms with Crippen molar-refractivity contribution in [2.45, 2.75) is 39.5 Å². The van der Waals surface area contributed by atoms with Crippen molar-refractivity contribution in [1.82, 2.24) is 9.97 Å². The van der Waals surface area contributed by atoms with Crippen molar-refractivity contribution < 1.29 is 4.79 Å². The van der Waals surface area contributed by atoms with E-state index in [1.165, 1.54) is 6.33 Å². The molecule has 0 aliphatic heterocycles. The van der Waals surface area contributed by atoms with E-state index in [0.29, 0.717) is 13.0 Å². The molecule has 0 unspecified atom stereocenters. The van der Waals surface area contributed by atoms with Crippen molar-refractivity contribution in [3.05, 3.63) is 11.9 Å². The van der Waals surface area contributed by atoms with Crippen LogP contribution in [0.4, 0.5) is 11.6 Å². The highest BCUT2D eigenvalue weighted by molar-refractivity contribution is 5.74. The molecular weight excluding hydrogens is 242 g/mol. The van der Waals surface area contributed by atoms with Crippen molar-refractivity contribution >= 4 is 17.5 Å². The fourth-order valence-electron chi connectivity index (χ4n) is 1.77. The summed E-state index contributed by atoms with van der Waals surface area (Å²) < 4.78 is 0. The van der Waals surface area contributed by atoms with Gasteiger partial charge in [0.05, 0.1) is 0 Å². The van der Waals surface area contributed by atoms with E-state index >= 15 is 0 Å². The van der Waals surface area contributed by atoms with Crippen LogP contribution in [0.5, 0.6) is 0 Å². The van der Waals surface area contributed by atoms with E-state index in [0.717, 1.165) is 30.2 Å². The van der Waals surface area contributed by atoms with E-state index in [9.17, 15) is 4.79 Å². The van der Waals surface area contributed by atoms with Gasteiger partial charge in [-0.2, -0.15) is 0 Å². The lowest BCUT2D eigenvalue weighted by Gasteiger charge is -2.17. The standard InChI is InChI=1S/C13H23N5O/c1-4-6-15-12-11(9(2)3)13(18-8-17-12)16-7-5-10(14)19/h8-9H,4-7H2,1-3H3,(H2,14,19)(H2,15,16,17,18). The summed E-state index contributed by atoms with van der Waals surface area (Å²) in [6.07, 6.45) is 2.85. The van der Waals surface area contributed by atoms with Gasteiger partial charge in [-0.05, 0) is 12.3 Å². The SMILES string of the molecule is CCCNc1ncnc(NCCC(N)=O)c1C(C)C. The fourth-order valence-corrected chi connectivity index (χ4v) is 1.77. The number of carbonyl (C=O) groups is 1. The second-order valence-corrected chi connectivity index (χ2v) is 4.71. The summed E-state index contributed by atoms with van der Waals surface area (Å²) in [4.78, 5) is 19.3. The van der Waals surface area contributed by atoms with Crippen LogP contribution in [0.2, 0.25) is 0 Å². The van der Waals surface area contributed by atoms with Crippen LogP contribution in [0, 0.1) is 0 Å². The lowest BCUT2D eigenvalue weighted by molar-refractivity contribution is -0.117. The number of hydrogen-bond acceptors (Lipinski definition) is 5. The van der Waals surface area contributed by atoms with Gasteiger partial charge in [0.2, 0.25) is 5.91 Å². The lowest BCUT2D eigenvalue weighted by atomic mass is 10.0. The van der Waals surface area contributed by atoms with Gasteiger partial charge in [0, 0.05) is 25.1 Å². The summed E-state index contributed by atoms with van der Waals surface area (Å²) in [5.74, 6) is 1.59. The summed E-state index contributed by atoms with van der Waals surface area (Å²) in [6, 6.07) is 0. The first-order valence-corrected chi connectivity index (χ1v) is 6.67. The van der Waals surface area contributed by atoms with Gasteiger partial charge < -0.3 is 16.4 Å². The van der Waals surface area contributed by atoms with Crippen LogP contribution in [0.15, 0.2) is 6.33 Å². The molecule has 106 valence electrons. The number of hydrogen-bond donors (Lipinski definition) is 3. The zero-order valence-corrected chi connectivity index (χ0v) is 11.9. The molecule has 1 amide bonds. The first kappa shape index (κ1) is 15.2. The molecule has 6 nitrogen and oxygen atoms in total. The average Bonchev–Trinajstić information content (AvgIpc) is 2.35. The third-order valence-electron chi connectivity index (χ3n) is 2.67. The fraction of sp³-hybridized carbons (Fsp3) is 0.615. The number of nitrogens with two attached hydrogens (primary N) is 1. The summed E-state index contributed by atoms with van der Waals surface area (Å²) in [5.41, 5.74) is 6.17. The molecule has 0 fully saturated rings. The van der Waals surface area contributed by atoms with E-state index in [4.69, 9.17) is 5.73 Å². The van der Waals surface area contributed by atoms with Gasteiger partial charge in [0.1, 0.15) is 18.0 Å². The summed E-state index contributed by atoms with van der Waals surface area (Å²) in [5, 5.41) is 6.45. The topological polar surface area (TPSA) is 92.9 Å². The van der Waals surface area contributed by atoms with Crippen LogP contribution in [0.3, 0.4) is 0 Å². The molecule has 0 aliphatic carbocycles. The van der Waals surface area contributed by atoms with E-state index in [-0.39, 0.29) is 11.8 Å². The first-order valence-electron chi connectivity index (χ1n) is 6.67. The molecule has 1 aromatic rings. The first-order chi connectivity index (χ1) is 9.06. The Morgan fingerprint density at radius 3 is 2.32 bits per heavy atom. The van der Waals surface area contributed by atoms with Gasteiger partial charge in [-0.15, -0.1) is 0 Å². The molecule has 0 bridgehead atoms. The van der Waals surface area contributed by atoms with Gasteiger partial charge in [0.25, 0.3) is 0 Å². The Morgan fingerprint density at radius 2 is 1.84 bits per heavy atom. The van der Waals surface area contributed by atoms with Crippen molar-refractivity contribution in [2.24, 2.45) is 5.73 Å². The lowest BCUT2D eigenvalue weighted by Crippen LogP contribution is -2.18. The summed E-state index contributed by atoms with van der Waals surface area (Å²) in [7, 11) is 0. The highest BCUT2D eigenvalue weighted by Gasteiger charge is 2.14. The normalized spacial score (nSPS) is 10.5. The molecule has 19 heavy (non-hydrogen) atoms. The Balaban J connectivity index is 2.86. The van der Waals surface area contributed by atoms with Crippen LogP contribution < -0.4 is 16.4 Å². The van der Waals surface area contributed by atoms with E-state index in [1.807, 2.05) is 0 Å². The Labute approximate surface area is 114 Å². The van der Waals surface area contributed by atoms with Gasteiger partial charge in [-0.1, -0.05) is 20.8 Å². The largest absolute Gasteiger partial charge is 0.370 e. The van der Waals surface area contributed by atoms with Crippen molar-refractivity contribution in [3.63, 3.8) is 0 Å². The second-order valence-electron chi connectivity index (χ2n) is 4.71. The average molecular weight is 265 g/mol. The number of primary amides is 1. The number of nitrogens with zero attached hydrogens (tertiary/aromatic N) is 2. The molecule has 1 aromatic heterocycles.